The van der Waals surface area contributed by atoms with Crippen LogP contribution < -0.4 is 4.74 Å². The third-order valence-electron chi connectivity index (χ3n) is 7.69. The third-order valence-corrected chi connectivity index (χ3v) is 7.69. The van der Waals surface area contributed by atoms with E-state index in [2.05, 4.69) is 4.90 Å². The van der Waals surface area contributed by atoms with Crippen molar-refractivity contribution in [2.75, 3.05) is 13.1 Å². The van der Waals surface area contributed by atoms with E-state index in [1.807, 2.05) is 6.07 Å². The minimum Gasteiger partial charge on any atom is -0.504 e. The highest BCUT2D eigenvalue weighted by atomic mass is 19.1. The number of piperidine rings is 1. The number of phenolic OH excluding ortho intramolecular Hbond substituents is 1. The predicted molar refractivity (Wildman–Crippen MR) is 89.7 cm³/mol. The Kier molecular flexibility index (Phi) is 2.66. The van der Waals surface area contributed by atoms with E-state index in [1.54, 1.807) is 6.07 Å². The molecule has 25 heavy (non-hydrogen) atoms. The number of nitrogens with zero attached hydrogens (tertiary/aromatic N) is 1. The molecule has 5 heteroatoms. The van der Waals surface area contributed by atoms with Crippen LogP contribution in [-0.2, 0) is 11.8 Å². The van der Waals surface area contributed by atoms with Crippen LogP contribution in [0.25, 0.3) is 0 Å². The summed E-state index contributed by atoms with van der Waals surface area (Å²) in [6, 6.07) is 3.65. The second-order valence-electron chi connectivity index (χ2n) is 8.84. The lowest BCUT2D eigenvalue weighted by molar-refractivity contribution is -0.199. The number of hydrogen-bond donors (Lipinski definition) is 2. The van der Waals surface area contributed by atoms with Crippen molar-refractivity contribution in [1.29, 1.82) is 0 Å². The standard InChI is InChI=1S/C20H24FNO3/c21-13-5-6-20(24)15-9-12-3-4-14(23)17-16(12)19(20,18(13)25-17)7-8-22(15)10-11-1-2-11/h3-4,11,13,15,18,23-24H,1-2,5-10H2/t13-,15-,18-,19+,20?/m1/s1. The molecule has 1 saturated heterocycles. The van der Waals surface area contributed by atoms with E-state index in [0.29, 0.717) is 25.0 Å². The largest absolute Gasteiger partial charge is 0.504 e. The Morgan fingerprint density at radius 2 is 2.08 bits per heavy atom. The SMILES string of the molecule is Oc1ccc2c3c1O[C@@H]1[C@H](F)CCC4(O)[C@@H](C2)N(CC2CC2)CC[C@]314. The van der Waals surface area contributed by atoms with Crippen molar-refractivity contribution in [2.45, 2.75) is 67.9 Å². The molecule has 5 aliphatic rings. The van der Waals surface area contributed by atoms with Crippen LogP contribution in [0.1, 0.15) is 43.2 Å². The molecule has 1 unspecified atom stereocenters. The Balaban J connectivity index is 1.57. The number of aromatic hydroxyl groups is 1. The van der Waals surface area contributed by atoms with Gasteiger partial charge < -0.3 is 14.9 Å². The van der Waals surface area contributed by atoms with E-state index in [4.69, 9.17) is 4.74 Å². The average Bonchev–Trinajstić information content (AvgIpc) is 3.32. The van der Waals surface area contributed by atoms with Crippen molar-refractivity contribution >= 4 is 0 Å². The van der Waals surface area contributed by atoms with Crippen LogP contribution in [0.5, 0.6) is 11.5 Å². The first-order valence-electron chi connectivity index (χ1n) is 9.67. The maximum atomic E-state index is 14.9. The molecule has 0 amide bonds. The molecule has 4 nitrogen and oxygen atoms in total. The third kappa shape index (κ3) is 1.61. The van der Waals surface area contributed by atoms with Gasteiger partial charge in [-0.05, 0) is 62.6 Å². The maximum absolute atomic E-state index is 14.9. The fourth-order valence-electron chi connectivity index (χ4n) is 6.42. The summed E-state index contributed by atoms with van der Waals surface area (Å²) >= 11 is 0. The highest BCUT2D eigenvalue weighted by Gasteiger charge is 2.73. The number of ether oxygens (including phenoxy) is 1. The van der Waals surface area contributed by atoms with Crippen LogP contribution >= 0.6 is 0 Å². The van der Waals surface area contributed by atoms with Gasteiger partial charge in [0.2, 0.25) is 0 Å². The Morgan fingerprint density at radius 3 is 2.88 bits per heavy atom. The van der Waals surface area contributed by atoms with Crippen molar-refractivity contribution in [3.63, 3.8) is 0 Å². The van der Waals surface area contributed by atoms with Gasteiger partial charge in [-0.15, -0.1) is 0 Å². The molecule has 2 heterocycles. The smallest absolute Gasteiger partial charge is 0.165 e. The van der Waals surface area contributed by atoms with E-state index in [1.165, 1.54) is 12.8 Å². The minimum atomic E-state index is -1.09. The zero-order valence-corrected chi connectivity index (χ0v) is 14.2. The van der Waals surface area contributed by atoms with Gasteiger partial charge in [0, 0.05) is 18.2 Å². The van der Waals surface area contributed by atoms with E-state index in [-0.39, 0.29) is 11.8 Å². The first kappa shape index (κ1) is 14.8. The van der Waals surface area contributed by atoms with Crippen molar-refractivity contribution < 1.29 is 19.3 Å². The number of likely N-dealkylation sites (tertiary alicyclic amines) is 1. The Morgan fingerprint density at radius 1 is 1.24 bits per heavy atom. The molecule has 0 aromatic heterocycles. The van der Waals surface area contributed by atoms with Gasteiger partial charge in [-0.1, -0.05) is 6.07 Å². The molecule has 1 aromatic rings. The summed E-state index contributed by atoms with van der Waals surface area (Å²) < 4.78 is 20.9. The van der Waals surface area contributed by atoms with Gasteiger partial charge in [0.15, 0.2) is 11.5 Å². The average molecular weight is 345 g/mol. The van der Waals surface area contributed by atoms with Crippen LogP contribution in [0.2, 0.25) is 0 Å². The number of phenols is 1. The van der Waals surface area contributed by atoms with Gasteiger partial charge in [-0.2, -0.15) is 0 Å². The van der Waals surface area contributed by atoms with E-state index in [9.17, 15) is 14.6 Å². The van der Waals surface area contributed by atoms with Gasteiger partial charge in [0.05, 0.1) is 11.0 Å². The fraction of sp³-hybridized carbons (Fsp3) is 0.700. The molecular weight excluding hydrogens is 321 g/mol. The number of alkyl halides is 1. The van der Waals surface area contributed by atoms with Gasteiger partial charge in [-0.25, -0.2) is 4.39 Å². The van der Waals surface area contributed by atoms with Crippen LogP contribution in [0.4, 0.5) is 4.39 Å². The van der Waals surface area contributed by atoms with Gasteiger partial charge >= 0.3 is 0 Å². The zero-order chi connectivity index (χ0) is 17.0. The van der Waals surface area contributed by atoms with Crippen LogP contribution in [0.15, 0.2) is 12.1 Å². The molecule has 3 fully saturated rings. The molecule has 5 atom stereocenters. The molecule has 1 spiro atoms. The number of hydrogen-bond acceptors (Lipinski definition) is 4. The first-order valence-corrected chi connectivity index (χ1v) is 9.67. The van der Waals surface area contributed by atoms with Crippen molar-refractivity contribution in [1.82, 2.24) is 4.90 Å². The van der Waals surface area contributed by atoms with Crippen LogP contribution in [-0.4, -0.2) is 52.1 Å². The second-order valence-corrected chi connectivity index (χ2v) is 8.84. The highest BCUT2D eigenvalue weighted by molar-refractivity contribution is 5.62. The molecule has 134 valence electrons. The first-order chi connectivity index (χ1) is 12.0. The molecule has 2 aliphatic heterocycles. The Bertz CT molecular complexity index is 766. The summed E-state index contributed by atoms with van der Waals surface area (Å²) in [6.07, 6.45) is 3.11. The Hall–Kier alpha value is -1.33. The normalized spacial score (nSPS) is 44.3. The number of aliphatic hydroxyl groups is 1. The summed E-state index contributed by atoms with van der Waals surface area (Å²) in [4.78, 5) is 2.46. The summed E-state index contributed by atoms with van der Waals surface area (Å²) in [7, 11) is 0. The summed E-state index contributed by atoms with van der Waals surface area (Å²) in [5.41, 5.74) is 0.375. The number of halogens is 1. The van der Waals surface area contributed by atoms with Crippen LogP contribution in [0.3, 0.4) is 0 Å². The highest BCUT2D eigenvalue weighted by Crippen LogP contribution is 2.65. The Labute approximate surface area is 146 Å². The maximum Gasteiger partial charge on any atom is 0.165 e. The number of rotatable bonds is 2. The van der Waals surface area contributed by atoms with Gasteiger partial charge in [0.25, 0.3) is 0 Å². The minimum absolute atomic E-state index is 0.0310. The molecule has 2 N–H and O–H groups in total. The second kappa shape index (κ2) is 4.49. The lowest BCUT2D eigenvalue weighted by Crippen LogP contribution is -2.76. The predicted octanol–water partition coefficient (Wildman–Crippen LogP) is 2.29. The van der Waals surface area contributed by atoms with Gasteiger partial charge in [0.1, 0.15) is 12.3 Å². The number of benzene rings is 1. The molecule has 6 rings (SSSR count). The summed E-state index contributed by atoms with van der Waals surface area (Å²) in [6.45, 7) is 1.93. The lowest BCUT2D eigenvalue weighted by atomic mass is 9.49. The van der Waals surface area contributed by atoms with Crippen molar-refractivity contribution in [2.24, 2.45) is 5.92 Å². The van der Waals surface area contributed by atoms with Gasteiger partial charge in [-0.3, -0.25) is 4.90 Å². The molecule has 2 bridgehead atoms. The topological polar surface area (TPSA) is 52.9 Å². The van der Waals surface area contributed by atoms with Crippen molar-refractivity contribution in [3.8, 4) is 11.5 Å². The molecular formula is C20H24FNO3. The molecule has 3 aliphatic carbocycles. The van der Waals surface area contributed by atoms with E-state index < -0.39 is 23.3 Å². The quantitative estimate of drug-likeness (QED) is 0.864. The van der Waals surface area contributed by atoms with E-state index in [0.717, 1.165) is 36.6 Å². The fourth-order valence-corrected chi connectivity index (χ4v) is 6.42. The lowest BCUT2D eigenvalue weighted by Gasteiger charge is -2.63. The van der Waals surface area contributed by atoms with Crippen molar-refractivity contribution in [3.05, 3.63) is 23.3 Å². The van der Waals surface area contributed by atoms with Crippen LogP contribution in [0, 0.1) is 5.92 Å². The molecule has 2 saturated carbocycles. The van der Waals surface area contributed by atoms with E-state index >= 15 is 0 Å². The molecule has 0 radical (unpaired) electrons. The summed E-state index contributed by atoms with van der Waals surface area (Å²) in [5, 5.41) is 22.3. The monoisotopic (exact) mass is 345 g/mol. The summed E-state index contributed by atoms with van der Waals surface area (Å²) in [5.74, 6) is 1.28. The molecule has 1 aromatic carbocycles. The zero-order valence-electron chi connectivity index (χ0n) is 14.2.